The molecule has 2 N–H and O–H groups in total. The van der Waals surface area contributed by atoms with Crippen molar-refractivity contribution >= 4 is 18.0 Å². The first-order chi connectivity index (χ1) is 14.9. The van der Waals surface area contributed by atoms with Gasteiger partial charge in [-0.25, -0.2) is 0 Å². The zero-order chi connectivity index (χ0) is 22.0. The first-order valence-corrected chi connectivity index (χ1v) is 10.4. The monoisotopic (exact) mass is 412 g/mol. The van der Waals surface area contributed by atoms with Crippen molar-refractivity contribution in [1.82, 2.24) is 10.7 Å². The van der Waals surface area contributed by atoms with Crippen molar-refractivity contribution in [1.29, 1.82) is 0 Å². The average Bonchev–Trinajstić information content (AvgIpc) is 3.05. The lowest BCUT2D eigenvalue weighted by atomic mass is 9.98. The standard InChI is InChI=1S/C26H25N3O2/c1-17-4-10-20(11-5-17)16-29-24(21-12-6-18(2)7-13-21)23(26(31)28-29)27-25(30)22-14-8-19(3)9-15-22/h4-16,23-24H,1-3H3,(H-,27,28,30,31)/p+1/b29-16-/t23-,24-/m1/s1. The molecule has 3 aromatic rings. The van der Waals surface area contributed by atoms with Crippen LogP contribution in [-0.2, 0) is 4.79 Å². The third-order valence-electron chi connectivity index (χ3n) is 5.52. The number of hydrazine groups is 1. The van der Waals surface area contributed by atoms with Crippen molar-refractivity contribution in [3.63, 3.8) is 0 Å². The molecule has 1 fully saturated rings. The Labute approximate surface area is 182 Å². The lowest BCUT2D eigenvalue weighted by Gasteiger charge is -2.15. The summed E-state index contributed by atoms with van der Waals surface area (Å²) in [6, 6.07) is 22.3. The zero-order valence-corrected chi connectivity index (χ0v) is 17.9. The first-order valence-electron chi connectivity index (χ1n) is 10.4. The number of nitrogens with one attached hydrogen (secondary N) is 2. The van der Waals surface area contributed by atoms with Crippen LogP contribution in [0.4, 0.5) is 0 Å². The maximum absolute atomic E-state index is 12.9. The molecular formula is C26H26N3O2+. The van der Waals surface area contributed by atoms with Gasteiger partial charge in [-0.1, -0.05) is 65.2 Å². The molecule has 5 heteroatoms. The molecule has 0 radical (unpaired) electrons. The minimum absolute atomic E-state index is 0.241. The Balaban J connectivity index is 1.69. The van der Waals surface area contributed by atoms with E-state index >= 15 is 0 Å². The number of carbonyl (C=O) groups is 2. The summed E-state index contributed by atoms with van der Waals surface area (Å²) < 4.78 is 1.79. The van der Waals surface area contributed by atoms with Crippen molar-refractivity contribution in [2.24, 2.45) is 0 Å². The van der Waals surface area contributed by atoms with E-state index in [0.717, 1.165) is 22.3 Å². The molecule has 1 heterocycles. The fraction of sp³-hybridized carbons (Fsp3) is 0.192. The van der Waals surface area contributed by atoms with E-state index in [9.17, 15) is 9.59 Å². The number of benzene rings is 3. The Morgan fingerprint density at radius 3 is 1.94 bits per heavy atom. The number of carbonyl (C=O) groups excluding carboxylic acids is 2. The van der Waals surface area contributed by atoms with Crippen molar-refractivity contribution in [2.45, 2.75) is 32.9 Å². The average molecular weight is 413 g/mol. The number of hydrazone groups is 1. The quantitative estimate of drug-likeness (QED) is 0.643. The molecule has 1 saturated heterocycles. The second kappa shape index (κ2) is 8.56. The highest BCUT2D eigenvalue weighted by atomic mass is 16.2. The molecule has 31 heavy (non-hydrogen) atoms. The maximum atomic E-state index is 12.9. The fourth-order valence-electron chi connectivity index (χ4n) is 3.69. The number of hydrogen-bond donors (Lipinski definition) is 2. The van der Waals surface area contributed by atoms with Crippen LogP contribution < -0.4 is 10.7 Å². The minimum atomic E-state index is -0.724. The molecule has 1 aliphatic rings. The maximum Gasteiger partial charge on any atom is 0.304 e. The molecule has 2 atom stereocenters. The second-order valence-corrected chi connectivity index (χ2v) is 8.10. The molecule has 0 bridgehead atoms. The highest BCUT2D eigenvalue weighted by molar-refractivity contribution is 5.98. The van der Waals surface area contributed by atoms with E-state index in [4.69, 9.17) is 0 Å². The Morgan fingerprint density at radius 1 is 0.839 bits per heavy atom. The van der Waals surface area contributed by atoms with E-state index < -0.39 is 6.04 Å². The van der Waals surface area contributed by atoms with Crippen LogP contribution in [0.2, 0.25) is 0 Å². The summed E-state index contributed by atoms with van der Waals surface area (Å²) in [6.45, 7) is 6.03. The summed E-state index contributed by atoms with van der Waals surface area (Å²) >= 11 is 0. The van der Waals surface area contributed by atoms with E-state index in [1.165, 1.54) is 5.56 Å². The van der Waals surface area contributed by atoms with Crippen LogP contribution in [0, 0.1) is 20.8 Å². The van der Waals surface area contributed by atoms with Gasteiger partial charge in [-0.2, -0.15) is 0 Å². The summed E-state index contributed by atoms with van der Waals surface area (Å²) in [5.74, 6) is -0.510. The van der Waals surface area contributed by atoms with E-state index in [0.29, 0.717) is 5.56 Å². The summed E-state index contributed by atoms with van der Waals surface area (Å²) in [4.78, 5) is 25.8. The van der Waals surface area contributed by atoms with Crippen LogP contribution in [0.3, 0.4) is 0 Å². The Hall–Kier alpha value is -3.73. The second-order valence-electron chi connectivity index (χ2n) is 8.10. The van der Waals surface area contributed by atoms with Crippen LogP contribution in [0.5, 0.6) is 0 Å². The van der Waals surface area contributed by atoms with E-state index in [-0.39, 0.29) is 17.9 Å². The molecule has 4 rings (SSSR count). The third-order valence-corrected chi connectivity index (χ3v) is 5.52. The molecule has 1 aliphatic heterocycles. The third kappa shape index (κ3) is 4.56. The van der Waals surface area contributed by atoms with Gasteiger partial charge in [-0.15, -0.1) is 10.1 Å². The number of aryl methyl sites for hydroxylation is 3. The Bertz CT molecular complexity index is 1130. The van der Waals surface area contributed by atoms with Gasteiger partial charge >= 0.3 is 5.91 Å². The highest BCUT2D eigenvalue weighted by Gasteiger charge is 2.47. The Morgan fingerprint density at radius 2 is 1.35 bits per heavy atom. The zero-order valence-electron chi connectivity index (χ0n) is 17.9. The molecule has 0 unspecified atom stereocenters. The number of rotatable bonds is 4. The molecule has 5 nitrogen and oxygen atoms in total. The predicted octanol–water partition coefficient (Wildman–Crippen LogP) is 3.63. The lowest BCUT2D eigenvalue weighted by molar-refractivity contribution is -0.596. The van der Waals surface area contributed by atoms with Crippen molar-refractivity contribution in [3.8, 4) is 0 Å². The van der Waals surface area contributed by atoms with Crippen molar-refractivity contribution < 1.29 is 14.3 Å². The van der Waals surface area contributed by atoms with Crippen LogP contribution in [0.25, 0.3) is 0 Å². The molecule has 0 aliphatic carbocycles. The summed E-state index contributed by atoms with van der Waals surface area (Å²) in [6.07, 6.45) is 1.90. The van der Waals surface area contributed by atoms with E-state index in [2.05, 4.69) is 10.7 Å². The van der Waals surface area contributed by atoms with Gasteiger partial charge in [0.25, 0.3) is 5.91 Å². The minimum Gasteiger partial charge on any atom is -0.334 e. The highest BCUT2D eigenvalue weighted by Crippen LogP contribution is 2.26. The number of hydrogen-bond acceptors (Lipinski definition) is 2. The molecule has 3 aromatic carbocycles. The largest absolute Gasteiger partial charge is 0.334 e. The first kappa shape index (κ1) is 20.5. The molecule has 0 spiro atoms. The normalized spacial score (nSPS) is 19.3. The molecular weight excluding hydrogens is 386 g/mol. The predicted molar refractivity (Wildman–Crippen MR) is 121 cm³/mol. The van der Waals surface area contributed by atoms with Crippen molar-refractivity contribution in [2.75, 3.05) is 0 Å². The molecule has 156 valence electrons. The van der Waals surface area contributed by atoms with Gasteiger partial charge in [-0.3, -0.25) is 9.59 Å². The van der Waals surface area contributed by atoms with Crippen LogP contribution in [0.15, 0.2) is 72.8 Å². The molecule has 0 saturated carbocycles. The van der Waals surface area contributed by atoms with Gasteiger partial charge in [0.1, 0.15) is 0 Å². The summed E-state index contributed by atoms with van der Waals surface area (Å²) in [7, 11) is 0. The molecule has 0 aromatic heterocycles. The van der Waals surface area contributed by atoms with Gasteiger partial charge in [0.2, 0.25) is 12.3 Å². The summed E-state index contributed by atoms with van der Waals surface area (Å²) in [5, 5.41) is 2.94. The smallest absolute Gasteiger partial charge is 0.304 e. The topological polar surface area (TPSA) is 61.2 Å². The van der Waals surface area contributed by atoms with Gasteiger partial charge in [0.15, 0.2) is 6.04 Å². The van der Waals surface area contributed by atoms with Gasteiger partial charge in [0.05, 0.1) is 0 Å². The SMILES string of the molecule is Cc1ccc(/C=[N+]2\NC(=O)[C@H](NC(=O)c3ccc(C)cc3)[C@H]2c2ccc(C)cc2)cc1. The van der Waals surface area contributed by atoms with E-state index in [1.54, 1.807) is 16.8 Å². The number of nitrogens with zero attached hydrogens (tertiary/aromatic N) is 1. The van der Waals surface area contributed by atoms with Gasteiger partial charge < -0.3 is 5.32 Å². The summed E-state index contributed by atoms with van der Waals surface area (Å²) in [5.41, 5.74) is 8.74. The van der Waals surface area contributed by atoms with Crippen molar-refractivity contribution in [3.05, 3.63) is 106 Å². The Kier molecular flexibility index (Phi) is 5.67. The van der Waals surface area contributed by atoms with Gasteiger partial charge in [0, 0.05) is 16.7 Å². The van der Waals surface area contributed by atoms with Crippen LogP contribution in [0.1, 0.15) is 44.2 Å². The lowest BCUT2D eigenvalue weighted by Crippen LogP contribution is -2.42. The van der Waals surface area contributed by atoms with E-state index in [1.807, 2.05) is 87.6 Å². The van der Waals surface area contributed by atoms with Crippen LogP contribution >= 0.6 is 0 Å². The fourth-order valence-corrected chi connectivity index (χ4v) is 3.69. The van der Waals surface area contributed by atoms with Crippen LogP contribution in [-0.4, -0.2) is 28.8 Å². The number of amides is 2. The molecule has 2 amide bonds. The van der Waals surface area contributed by atoms with Gasteiger partial charge in [-0.05, 0) is 45.0 Å².